The normalized spacial score (nSPS) is 13.0. The summed E-state index contributed by atoms with van der Waals surface area (Å²) < 4.78 is 11.2. The molecule has 2 aromatic rings. The van der Waals surface area contributed by atoms with Crippen LogP contribution in [0.2, 0.25) is 0 Å². The molecule has 1 aliphatic rings. The molecule has 7 heteroatoms. The molecule has 1 aliphatic heterocycles. The second-order valence-electron chi connectivity index (χ2n) is 5.65. The smallest absolute Gasteiger partial charge is 0.337 e. The SMILES string of the molecule is Cc1nc(C(=O)NCc2ccc3c(c2)OCCCO3)ccc1C(=O)O. The van der Waals surface area contributed by atoms with Gasteiger partial charge in [-0.05, 0) is 36.8 Å². The van der Waals surface area contributed by atoms with Crippen LogP contribution in [0, 0.1) is 6.92 Å². The molecule has 1 aromatic carbocycles. The van der Waals surface area contributed by atoms with E-state index in [4.69, 9.17) is 14.6 Å². The fraction of sp³-hybridized carbons (Fsp3) is 0.278. The van der Waals surface area contributed by atoms with Gasteiger partial charge in [0.25, 0.3) is 5.91 Å². The van der Waals surface area contributed by atoms with Gasteiger partial charge in [-0.2, -0.15) is 0 Å². The van der Waals surface area contributed by atoms with Gasteiger partial charge in [0.1, 0.15) is 5.69 Å². The van der Waals surface area contributed by atoms with E-state index in [2.05, 4.69) is 10.3 Å². The molecule has 0 aliphatic carbocycles. The average molecular weight is 342 g/mol. The Labute approximate surface area is 144 Å². The number of nitrogens with one attached hydrogen (secondary N) is 1. The molecule has 0 radical (unpaired) electrons. The molecular weight excluding hydrogens is 324 g/mol. The van der Waals surface area contributed by atoms with E-state index in [1.54, 1.807) is 6.92 Å². The van der Waals surface area contributed by atoms with Crippen molar-refractivity contribution in [3.8, 4) is 11.5 Å². The summed E-state index contributed by atoms with van der Waals surface area (Å²) >= 11 is 0. The van der Waals surface area contributed by atoms with Gasteiger partial charge in [0, 0.05) is 13.0 Å². The Morgan fingerprint density at radius 3 is 2.64 bits per heavy atom. The molecule has 0 unspecified atom stereocenters. The Morgan fingerprint density at radius 1 is 1.16 bits per heavy atom. The van der Waals surface area contributed by atoms with Crippen molar-refractivity contribution < 1.29 is 24.2 Å². The number of carboxylic acids is 1. The first-order valence-electron chi connectivity index (χ1n) is 7.92. The zero-order valence-corrected chi connectivity index (χ0v) is 13.7. The van der Waals surface area contributed by atoms with Crippen LogP contribution in [0.1, 0.15) is 38.5 Å². The highest BCUT2D eigenvalue weighted by molar-refractivity contribution is 5.94. The van der Waals surface area contributed by atoms with E-state index in [0.29, 0.717) is 37.0 Å². The molecular formula is C18H18N2O5. The van der Waals surface area contributed by atoms with Crippen LogP contribution >= 0.6 is 0 Å². The standard InChI is InChI=1S/C18H18N2O5/c1-11-13(18(22)23)4-5-14(20-11)17(21)19-10-12-3-6-15-16(9-12)25-8-2-7-24-15/h3-6,9H,2,7-8,10H2,1H3,(H,19,21)(H,22,23). The molecule has 0 spiro atoms. The first-order valence-corrected chi connectivity index (χ1v) is 7.92. The van der Waals surface area contributed by atoms with Crippen LogP contribution in [-0.2, 0) is 6.54 Å². The lowest BCUT2D eigenvalue weighted by Gasteiger charge is -2.10. The average Bonchev–Trinajstić information content (AvgIpc) is 2.84. The highest BCUT2D eigenvalue weighted by atomic mass is 16.5. The van der Waals surface area contributed by atoms with Crippen LogP contribution in [-0.4, -0.2) is 35.2 Å². The lowest BCUT2D eigenvalue weighted by molar-refractivity contribution is 0.0694. The maximum absolute atomic E-state index is 12.2. The number of ether oxygens (including phenoxy) is 2. The number of benzene rings is 1. The van der Waals surface area contributed by atoms with Crippen LogP contribution in [0.15, 0.2) is 30.3 Å². The number of aromatic nitrogens is 1. The Balaban J connectivity index is 1.67. The number of aromatic carboxylic acids is 1. The molecule has 25 heavy (non-hydrogen) atoms. The number of hydrogen-bond donors (Lipinski definition) is 2. The summed E-state index contributed by atoms with van der Waals surface area (Å²) in [4.78, 5) is 27.3. The van der Waals surface area contributed by atoms with Gasteiger partial charge in [0.05, 0.1) is 24.5 Å². The number of carbonyl (C=O) groups is 2. The first-order chi connectivity index (χ1) is 12.0. The van der Waals surface area contributed by atoms with Gasteiger partial charge in [-0.3, -0.25) is 4.79 Å². The lowest BCUT2D eigenvalue weighted by atomic mass is 10.1. The molecule has 0 saturated heterocycles. The molecule has 0 saturated carbocycles. The topological polar surface area (TPSA) is 97.8 Å². The fourth-order valence-corrected chi connectivity index (χ4v) is 2.50. The van der Waals surface area contributed by atoms with Crippen molar-refractivity contribution in [2.75, 3.05) is 13.2 Å². The number of amides is 1. The molecule has 0 fully saturated rings. The fourth-order valence-electron chi connectivity index (χ4n) is 2.50. The number of carboxylic acid groups (broad SMARTS) is 1. The Bertz CT molecular complexity index is 819. The molecule has 3 rings (SSSR count). The molecule has 0 bridgehead atoms. The van der Waals surface area contributed by atoms with E-state index < -0.39 is 5.97 Å². The van der Waals surface area contributed by atoms with Gasteiger partial charge >= 0.3 is 5.97 Å². The second kappa shape index (κ2) is 7.21. The lowest BCUT2D eigenvalue weighted by Crippen LogP contribution is -2.24. The molecule has 1 amide bonds. The van der Waals surface area contributed by atoms with E-state index in [1.165, 1.54) is 12.1 Å². The third-order valence-electron chi connectivity index (χ3n) is 3.81. The molecule has 7 nitrogen and oxygen atoms in total. The van der Waals surface area contributed by atoms with Gasteiger partial charge in [-0.25, -0.2) is 9.78 Å². The van der Waals surface area contributed by atoms with E-state index in [0.717, 1.165) is 12.0 Å². The first kappa shape index (κ1) is 16.8. The van der Waals surface area contributed by atoms with Crippen molar-refractivity contribution in [1.82, 2.24) is 10.3 Å². The van der Waals surface area contributed by atoms with Crippen LogP contribution in [0.25, 0.3) is 0 Å². The van der Waals surface area contributed by atoms with Crippen molar-refractivity contribution in [2.24, 2.45) is 0 Å². The number of rotatable bonds is 4. The highest BCUT2D eigenvalue weighted by Crippen LogP contribution is 2.30. The number of hydrogen-bond acceptors (Lipinski definition) is 5. The van der Waals surface area contributed by atoms with Gasteiger partial charge in [0.2, 0.25) is 0 Å². The molecule has 1 aromatic heterocycles. The van der Waals surface area contributed by atoms with Gasteiger partial charge in [0.15, 0.2) is 11.5 Å². The molecule has 130 valence electrons. The zero-order valence-electron chi connectivity index (χ0n) is 13.7. The predicted octanol–water partition coefficient (Wildman–Crippen LogP) is 2.18. The van der Waals surface area contributed by atoms with Gasteiger partial charge < -0.3 is 19.9 Å². The van der Waals surface area contributed by atoms with Crippen LogP contribution in [0.4, 0.5) is 0 Å². The van der Waals surface area contributed by atoms with Crippen molar-refractivity contribution in [3.63, 3.8) is 0 Å². The van der Waals surface area contributed by atoms with Crippen molar-refractivity contribution in [3.05, 3.63) is 52.8 Å². The third-order valence-corrected chi connectivity index (χ3v) is 3.81. The minimum Gasteiger partial charge on any atom is -0.490 e. The highest BCUT2D eigenvalue weighted by Gasteiger charge is 2.14. The third kappa shape index (κ3) is 3.88. The van der Waals surface area contributed by atoms with Gasteiger partial charge in [-0.1, -0.05) is 6.07 Å². The van der Waals surface area contributed by atoms with E-state index in [1.807, 2.05) is 18.2 Å². The van der Waals surface area contributed by atoms with Crippen molar-refractivity contribution in [2.45, 2.75) is 19.9 Å². The summed E-state index contributed by atoms with van der Waals surface area (Å²) in [5.41, 5.74) is 1.43. The Hall–Kier alpha value is -3.09. The van der Waals surface area contributed by atoms with E-state index in [-0.39, 0.29) is 17.2 Å². The van der Waals surface area contributed by atoms with Crippen LogP contribution < -0.4 is 14.8 Å². The summed E-state index contributed by atoms with van der Waals surface area (Å²) in [6.07, 6.45) is 0.831. The summed E-state index contributed by atoms with van der Waals surface area (Å²) in [6.45, 7) is 3.09. The zero-order chi connectivity index (χ0) is 17.8. The van der Waals surface area contributed by atoms with Gasteiger partial charge in [-0.15, -0.1) is 0 Å². The van der Waals surface area contributed by atoms with Crippen LogP contribution in [0.5, 0.6) is 11.5 Å². The van der Waals surface area contributed by atoms with Crippen molar-refractivity contribution >= 4 is 11.9 Å². The Kier molecular flexibility index (Phi) is 4.83. The quantitative estimate of drug-likeness (QED) is 0.884. The summed E-state index contributed by atoms with van der Waals surface area (Å²) in [6, 6.07) is 8.31. The number of nitrogens with zero attached hydrogens (tertiary/aromatic N) is 1. The monoisotopic (exact) mass is 342 g/mol. The molecule has 2 N–H and O–H groups in total. The molecule has 2 heterocycles. The molecule has 0 atom stereocenters. The predicted molar refractivity (Wildman–Crippen MR) is 89.2 cm³/mol. The van der Waals surface area contributed by atoms with Crippen molar-refractivity contribution in [1.29, 1.82) is 0 Å². The minimum atomic E-state index is -1.07. The number of carbonyl (C=O) groups excluding carboxylic acids is 1. The summed E-state index contributed by atoms with van der Waals surface area (Å²) in [5.74, 6) is -0.0607. The number of fused-ring (bicyclic) bond motifs is 1. The van der Waals surface area contributed by atoms with Crippen LogP contribution in [0.3, 0.4) is 0 Å². The Morgan fingerprint density at radius 2 is 1.92 bits per heavy atom. The summed E-state index contributed by atoms with van der Waals surface area (Å²) in [5, 5.41) is 11.8. The van der Waals surface area contributed by atoms with E-state index >= 15 is 0 Å². The number of aryl methyl sites for hydroxylation is 1. The summed E-state index contributed by atoms with van der Waals surface area (Å²) in [7, 11) is 0. The minimum absolute atomic E-state index is 0.0828. The second-order valence-corrected chi connectivity index (χ2v) is 5.65. The maximum atomic E-state index is 12.2. The van der Waals surface area contributed by atoms with E-state index in [9.17, 15) is 9.59 Å². The maximum Gasteiger partial charge on any atom is 0.337 e. The largest absolute Gasteiger partial charge is 0.490 e. The number of pyridine rings is 1.